The van der Waals surface area contributed by atoms with Gasteiger partial charge < -0.3 is 20.5 Å². The van der Waals surface area contributed by atoms with Crippen molar-refractivity contribution in [2.45, 2.75) is 63.8 Å². The number of rotatable bonds is 5. The summed E-state index contributed by atoms with van der Waals surface area (Å²) in [5.74, 6) is 0.597. The predicted octanol–water partition coefficient (Wildman–Crippen LogP) is 5.38. The molecule has 0 bridgehead atoms. The first-order valence-electron chi connectivity index (χ1n) is 11.3. The van der Waals surface area contributed by atoms with E-state index in [2.05, 4.69) is 44.9 Å². The minimum absolute atomic E-state index is 0.141. The molecule has 1 aromatic heterocycles. The number of fused-ring (bicyclic) bond motifs is 2. The largest absolute Gasteiger partial charge is 0.361 e. The summed E-state index contributed by atoms with van der Waals surface area (Å²) >= 11 is 0. The standard InChI is InChI=1S/C24H34N4O/c1-2-3-5-13-25-24(29)27-19-9-11-23-21(16-19)22(17-26-23)18-8-10-20-7-4-6-14-28(20)15-12-18/h2-3,9,11,16-18,20,26H,4-8,10,12-15H2,1H3,(H2,25,27,29)/b3-2+. The van der Waals surface area contributed by atoms with Gasteiger partial charge in [0.2, 0.25) is 0 Å². The Morgan fingerprint density at radius 1 is 1.21 bits per heavy atom. The van der Waals surface area contributed by atoms with E-state index in [1.807, 2.05) is 19.1 Å². The molecule has 0 aliphatic carbocycles. The third-order valence-corrected chi connectivity index (χ3v) is 6.61. The average Bonchev–Trinajstić information content (AvgIpc) is 3.03. The Bertz CT molecular complexity index is 840. The number of allylic oxidation sites excluding steroid dienone is 1. The van der Waals surface area contributed by atoms with E-state index in [4.69, 9.17) is 0 Å². The normalized spacial score (nSPS) is 23.1. The lowest BCUT2D eigenvalue weighted by molar-refractivity contribution is 0.151. The molecule has 0 spiro atoms. The molecule has 0 saturated carbocycles. The van der Waals surface area contributed by atoms with Gasteiger partial charge in [0.25, 0.3) is 0 Å². The average molecular weight is 395 g/mol. The fourth-order valence-corrected chi connectivity index (χ4v) is 5.02. The number of urea groups is 1. The minimum atomic E-state index is -0.141. The number of nitrogens with one attached hydrogen (secondary N) is 3. The number of H-pyrrole nitrogens is 1. The van der Waals surface area contributed by atoms with Gasteiger partial charge in [0.1, 0.15) is 0 Å². The van der Waals surface area contributed by atoms with E-state index in [-0.39, 0.29) is 6.03 Å². The molecule has 156 valence electrons. The van der Waals surface area contributed by atoms with Crippen LogP contribution in [0.5, 0.6) is 0 Å². The molecule has 5 nitrogen and oxygen atoms in total. The van der Waals surface area contributed by atoms with Crippen LogP contribution in [0.1, 0.15) is 63.4 Å². The van der Waals surface area contributed by atoms with Crippen LogP contribution in [0.15, 0.2) is 36.5 Å². The quantitative estimate of drug-likeness (QED) is 0.471. The lowest BCUT2D eigenvalue weighted by Crippen LogP contribution is -2.38. The highest BCUT2D eigenvalue weighted by molar-refractivity contribution is 5.94. The van der Waals surface area contributed by atoms with Crippen LogP contribution in [-0.4, -0.2) is 41.6 Å². The summed E-state index contributed by atoms with van der Waals surface area (Å²) in [5, 5.41) is 7.15. The van der Waals surface area contributed by atoms with Crippen LogP contribution in [0.25, 0.3) is 10.9 Å². The zero-order chi connectivity index (χ0) is 20.1. The number of aromatic nitrogens is 1. The Labute approximate surface area is 173 Å². The molecule has 2 saturated heterocycles. The first kappa shape index (κ1) is 20.0. The first-order chi connectivity index (χ1) is 14.2. The molecule has 2 aliphatic heterocycles. The zero-order valence-electron chi connectivity index (χ0n) is 17.5. The fraction of sp³-hybridized carbons (Fsp3) is 0.542. The number of nitrogens with zero attached hydrogens (tertiary/aromatic N) is 1. The van der Waals surface area contributed by atoms with Crippen LogP contribution < -0.4 is 10.6 Å². The number of carbonyl (C=O) groups excluding carboxylic acids is 1. The second kappa shape index (κ2) is 9.49. The van der Waals surface area contributed by atoms with Gasteiger partial charge in [0.05, 0.1) is 0 Å². The number of carbonyl (C=O) groups is 1. The summed E-state index contributed by atoms with van der Waals surface area (Å²) in [7, 11) is 0. The minimum Gasteiger partial charge on any atom is -0.361 e. The predicted molar refractivity (Wildman–Crippen MR) is 121 cm³/mol. The monoisotopic (exact) mass is 394 g/mol. The summed E-state index contributed by atoms with van der Waals surface area (Å²) in [5.41, 5.74) is 3.42. The van der Waals surface area contributed by atoms with E-state index >= 15 is 0 Å². The molecular weight excluding hydrogens is 360 g/mol. The summed E-state index contributed by atoms with van der Waals surface area (Å²) < 4.78 is 0. The number of hydrogen-bond donors (Lipinski definition) is 3. The summed E-state index contributed by atoms with van der Waals surface area (Å²) in [6, 6.07) is 6.83. The highest BCUT2D eigenvalue weighted by Crippen LogP contribution is 2.37. The molecular formula is C24H34N4O. The molecule has 2 aliphatic rings. The Kier molecular flexibility index (Phi) is 6.55. The summed E-state index contributed by atoms with van der Waals surface area (Å²) in [4.78, 5) is 18.3. The van der Waals surface area contributed by atoms with Gasteiger partial charge in [-0.05, 0) is 88.2 Å². The van der Waals surface area contributed by atoms with Gasteiger partial charge in [-0.3, -0.25) is 0 Å². The Hall–Kier alpha value is -2.27. The molecule has 4 rings (SSSR count). The Morgan fingerprint density at radius 2 is 2.14 bits per heavy atom. The van der Waals surface area contributed by atoms with Crippen molar-refractivity contribution >= 4 is 22.6 Å². The van der Waals surface area contributed by atoms with Gasteiger partial charge in [-0.15, -0.1) is 0 Å². The molecule has 5 heteroatoms. The van der Waals surface area contributed by atoms with E-state index in [0.29, 0.717) is 12.5 Å². The molecule has 3 N–H and O–H groups in total. The zero-order valence-corrected chi connectivity index (χ0v) is 17.5. The van der Waals surface area contributed by atoms with E-state index in [9.17, 15) is 4.79 Å². The van der Waals surface area contributed by atoms with Crippen molar-refractivity contribution in [2.75, 3.05) is 25.0 Å². The molecule has 29 heavy (non-hydrogen) atoms. The summed E-state index contributed by atoms with van der Waals surface area (Å²) in [6.45, 7) is 5.13. The van der Waals surface area contributed by atoms with Crippen molar-refractivity contribution in [3.05, 3.63) is 42.1 Å². The Balaban J connectivity index is 1.45. The number of benzene rings is 1. The van der Waals surface area contributed by atoms with Gasteiger partial charge in [-0.2, -0.15) is 0 Å². The van der Waals surface area contributed by atoms with Gasteiger partial charge in [0, 0.05) is 35.4 Å². The summed E-state index contributed by atoms with van der Waals surface area (Å²) in [6.07, 6.45) is 15.0. The number of piperidine rings is 1. The maximum absolute atomic E-state index is 12.2. The number of amides is 2. The van der Waals surface area contributed by atoms with Crippen molar-refractivity contribution in [2.24, 2.45) is 0 Å². The van der Waals surface area contributed by atoms with E-state index in [1.54, 1.807) is 0 Å². The second-order valence-corrected chi connectivity index (χ2v) is 8.49. The maximum Gasteiger partial charge on any atom is 0.319 e. The van der Waals surface area contributed by atoms with E-state index in [1.165, 1.54) is 62.6 Å². The van der Waals surface area contributed by atoms with E-state index in [0.717, 1.165) is 23.7 Å². The highest BCUT2D eigenvalue weighted by atomic mass is 16.2. The molecule has 2 aromatic rings. The molecule has 0 radical (unpaired) electrons. The molecule has 1 aromatic carbocycles. The molecule has 2 atom stereocenters. The second-order valence-electron chi connectivity index (χ2n) is 8.49. The number of anilines is 1. The van der Waals surface area contributed by atoms with Crippen LogP contribution >= 0.6 is 0 Å². The van der Waals surface area contributed by atoms with Gasteiger partial charge in [-0.25, -0.2) is 4.79 Å². The van der Waals surface area contributed by atoms with E-state index < -0.39 is 0 Å². The van der Waals surface area contributed by atoms with Gasteiger partial charge in [-0.1, -0.05) is 18.6 Å². The topological polar surface area (TPSA) is 60.2 Å². The van der Waals surface area contributed by atoms with Gasteiger partial charge in [0.15, 0.2) is 0 Å². The molecule has 2 fully saturated rings. The number of aromatic amines is 1. The SMILES string of the molecule is C/C=C/CCNC(=O)Nc1ccc2[nH]cc(C3CCC4CCCCN4CC3)c2c1. The first-order valence-corrected chi connectivity index (χ1v) is 11.3. The highest BCUT2D eigenvalue weighted by Gasteiger charge is 2.28. The fourth-order valence-electron chi connectivity index (χ4n) is 5.02. The van der Waals surface area contributed by atoms with Crippen molar-refractivity contribution in [1.82, 2.24) is 15.2 Å². The smallest absolute Gasteiger partial charge is 0.319 e. The number of hydrogen-bond acceptors (Lipinski definition) is 2. The van der Waals surface area contributed by atoms with Crippen molar-refractivity contribution in [1.29, 1.82) is 0 Å². The third-order valence-electron chi connectivity index (χ3n) is 6.61. The van der Waals surface area contributed by atoms with Crippen LogP contribution in [-0.2, 0) is 0 Å². The van der Waals surface area contributed by atoms with Crippen LogP contribution in [0.2, 0.25) is 0 Å². The Morgan fingerprint density at radius 3 is 3.03 bits per heavy atom. The van der Waals surface area contributed by atoms with Crippen molar-refractivity contribution in [3.8, 4) is 0 Å². The molecule has 3 heterocycles. The maximum atomic E-state index is 12.2. The van der Waals surface area contributed by atoms with Crippen molar-refractivity contribution < 1.29 is 4.79 Å². The van der Waals surface area contributed by atoms with Crippen LogP contribution in [0.4, 0.5) is 10.5 Å². The lowest BCUT2D eigenvalue weighted by Gasteiger charge is -2.33. The van der Waals surface area contributed by atoms with Crippen molar-refractivity contribution in [3.63, 3.8) is 0 Å². The lowest BCUT2D eigenvalue weighted by atomic mass is 9.90. The third kappa shape index (κ3) is 4.84. The van der Waals surface area contributed by atoms with Crippen LogP contribution in [0.3, 0.4) is 0 Å². The van der Waals surface area contributed by atoms with Gasteiger partial charge >= 0.3 is 6.03 Å². The van der Waals surface area contributed by atoms with Crippen LogP contribution in [0, 0.1) is 0 Å². The molecule has 2 amide bonds. The molecule has 2 unspecified atom stereocenters.